The fourth-order valence-corrected chi connectivity index (χ4v) is 2.74. The highest BCUT2D eigenvalue weighted by Gasteiger charge is 2.04. The average molecular weight is 498 g/mol. The van der Waals surface area contributed by atoms with E-state index < -0.39 is 0 Å². The van der Waals surface area contributed by atoms with Crippen LogP contribution in [0.25, 0.3) is 0 Å². The zero-order valence-electron chi connectivity index (χ0n) is 16.9. The standard InChI is InChI=1S/C20H30N6O.HI/c1-16-14-17(2)26(25-16)13-7-11-22-20(21-3)23-12-10-19(27)24-15-18-8-5-4-6-9-18;/h4-6,8-9,14H,7,10-13,15H2,1-3H3,(H,24,27)(H2,21,22,23);1H. The molecule has 0 aliphatic heterocycles. The van der Waals surface area contributed by atoms with Crippen LogP contribution >= 0.6 is 24.0 Å². The number of nitrogens with one attached hydrogen (secondary N) is 3. The van der Waals surface area contributed by atoms with Gasteiger partial charge < -0.3 is 16.0 Å². The highest BCUT2D eigenvalue weighted by atomic mass is 127. The molecule has 28 heavy (non-hydrogen) atoms. The number of hydrogen-bond acceptors (Lipinski definition) is 3. The lowest BCUT2D eigenvalue weighted by molar-refractivity contribution is -0.121. The van der Waals surface area contributed by atoms with Gasteiger partial charge in [0, 0.05) is 45.3 Å². The molecule has 0 radical (unpaired) electrons. The lowest BCUT2D eigenvalue weighted by Crippen LogP contribution is -2.39. The van der Waals surface area contributed by atoms with Gasteiger partial charge in [0.05, 0.1) is 5.69 Å². The molecule has 1 aromatic heterocycles. The van der Waals surface area contributed by atoms with Gasteiger partial charge in [-0.1, -0.05) is 30.3 Å². The van der Waals surface area contributed by atoms with Crippen LogP contribution in [0.5, 0.6) is 0 Å². The number of carbonyl (C=O) groups excluding carboxylic acids is 1. The van der Waals surface area contributed by atoms with Gasteiger partial charge in [0.1, 0.15) is 0 Å². The summed E-state index contributed by atoms with van der Waals surface area (Å²) in [4.78, 5) is 16.1. The molecule has 1 amide bonds. The molecule has 1 aromatic carbocycles. The van der Waals surface area contributed by atoms with E-state index in [0.29, 0.717) is 25.5 Å². The van der Waals surface area contributed by atoms with Crippen molar-refractivity contribution in [1.29, 1.82) is 0 Å². The summed E-state index contributed by atoms with van der Waals surface area (Å²) < 4.78 is 2.02. The summed E-state index contributed by atoms with van der Waals surface area (Å²) in [6.45, 7) is 6.82. The van der Waals surface area contributed by atoms with E-state index >= 15 is 0 Å². The number of aromatic nitrogens is 2. The second-order valence-electron chi connectivity index (χ2n) is 6.44. The van der Waals surface area contributed by atoms with Crippen molar-refractivity contribution in [3.63, 3.8) is 0 Å². The third-order valence-corrected chi connectivity index (χ3v) is 4.14. The van der Waals surface area contributed by atoms with E-state index in [-0.39, 0.29) is 29.9 Å². The van der Waals surface area contributed by atoms with Crippen LogP contribution in [0.4, 0.5) is 0 Å². The maximum Gasteiger partial charge on any atom is 0.222 e. The molecule has 0 bridgehead atoms. The second-order valence-corrected chi connectivity index (χ2v) is 6.44. The molecule has 0 aliphatic rings. The second kappa shape index (κ2) is 13.1. The third kappa shape index (κ3) is 8.73. The Balaban J connectivity index is 0.00000392. The minimum Gasteiger partial charge on any atom is -0.356 e. The van der Waals surface area contributed by atoms with Crippen molar-refractivity contribution in [1.82, 2.24) is 25.7 Å². The summed E-state index contributed by atoms with van der Waals surface area (Å²) in [5, 5.41) is 13.8. The van der Waals surface area contributed by atoms with Crippen LogP contribution in [0.3, 0.4) is 0 Å². The number of halogens is 1. The first-order valence-corrected chi connectivity index (χ1v) is 9.34. The minimum atomic E-state index is 0. The Bertz CT molecular complexity index is 744. The Hall–Kier alpha value is -2.10. The van der Waals surface area contributed by atoms with Gasteiger partial charge in [0.15, 0.2) is 5.96 Å². The fourth-order valence-electron chi connectivity index (χ4n) is 2.74. The van der Waals surface area contributed by atoms with E-state index in [2.05, 4.69) is 39.0 Å². The van der Waals surface area contributed by atoms with E-state index in [1.54, 1.807) is 7.05 Å². The number of guanidine groups is 1. The van der Waals surface area contributed by atoms with Crippen molar-refractivity contribution in [2.24, 2.45) is 4.99 Å². The van der Waals surface area contributed by atoms with Crippen LogP contribution in [-0.2, 0) is 17.9 Å². The molecule has 0 spiro atoms. The molecule has 0 saturated heterocycles. The number of aliphatic imine (C=N–C) groups is 1. The molecule has 2 rings (SSSR count). The Morgan fingerprint density at radius 2 is 1.82 bits per heavy atom. The predicted molar refractivity (Wildman–Crippen MR) is 124 cm³/mol. The number of hydrogen-bond donors (Lipinski definition) is 3. The number of benzene rings is 1. The van der Waals surface area contributed by atoms with Gasteiger partial charge in [-0.15, -0.1) is 24.0 Å². The van der Waals surface area contributed by atoms with E-state index in [1.807, 2.05) is 41.9 Å². The number of aryl methyl sites for hydroxylation is 3. The molecule has 7 nitrogen and oxygen atoms in total. The van der Waals surface area contributed by atoms with E-state index in [4.69, 9.17) is 0 Å². The van der Waals surface area contributed by atoms with Gasteiger partial charge in [-0.3, -0.25) is 14.5 Å². The van der Waals surface area contributed by atoms with E-state index in [9.17, 15) is 4.79 Å². The first-order valence-electron chi connectivity index (χ1n) is 9.34. The van der Waals surface area contributed by atoms with E-state index in [0.717, 1.165) is 30.8 Å². The molecule has 154 valence electrons. The predicted octanol–water partition coefficient (Wildman–Crippen LogP) is 2.38. The van der Waals surface area contributed by atoms with Crippen LogP contribution in [0.1, 0.15) is 29.8 Å². The molecule has 8 heteroatoms. The molecule has 2 aromatic rings. The summed E-state index contributed by atoms with van der Waals surface area (Å²) in [6.07, 6.45) is 1.35. The molecule has 3 N–H and O–H groups in total. The topological polar surface area (TPSA) is 83.3 Å². The quantitative estimate of drug-likeness (QED) is 0.215. The maximum absolute atomic E-state index is 11.9. The summed E-state index contributed by atoms with van der Waals surface area (Å²) in [5.41, 5.74) is 3.32. The van der Waals surface area contributed by atoms with E-state index in [1.165, 1.54) is 5.69 Å². The van der Waals surface area contributed by atoms with Crippen molar-refractivity contribution in [2.45, 2.75) is 39.8 Å². The van der Waals surface area contributed by atoms with Gasteiger partial charge in [0.2, 0.25) is 5.91 Å². The zero-order chi connectivity index (χ0) is 19.5. The lowest BCUT2D eigenvalue weighted by Gasteiger charge is -2.12. The SMILES string of the molecule is CN=C(NCCCn1nc(C)cc1C)NCCC(=O)NCc1ccccc1.I. The van der Waals surface area contributed by atoms with Crippen LogP contribution in [-0.4, -0.2) is 41.8 Å². The smallest absolute Gasteiger partial charge is 0.222 e. The van der Waals surface area contributed by atoms with Gasteiger partial charge in [-0.05, 0) is 31.9 Å². The first-order chi connectivity index (χ1) is 13.1. The lowest BCUT2D eigenvalue weighted by atomic mass is 10.2. The van der Waals surface area contributed by atoms with Crippen molar-refractivity contribution >= 4 is 35.8 Å². The molecule has 0 aliphatic carbocycles. The molecular formula is C20H31IN6O. The molecule has 0 saturated carbocycles. The molecule has 0 fully saturated rings. The zero-order valence-corrected chi connectivity index (χ0v) is 19.2. The summed E-state index contributed by atoms with van der Waals surface area (Å²) >= 11 is 0. The van der Waals surface area contributed by atoms with Crippen LogP contribution in [0.2, 0.25) is 0 Å². The van der Waals surface area contributed by atoms with Crippen molar-refractivity contribution < 1.29 is 4.79 Å². The van der Waals surface area contributed by atoms with Crippen molar-refractivity contribution in [3.8, 4) is 0 Å². The monoisotopic (exact) mass is 498 g/mol. The Labute approximate surface area is 184 Å². The van der Waals surface area contributed by atoms with Crippen molar-refractivity contribution in [3.05, 3.63) is 53.3 Å². The molecule has 0 unspecified atom stereocenters. The van der Waals surface area contributed by atoms with Gasteiger partial charge in [0.25, 0.3) is 0 Å². The highest BCUT2D eigenvalue weighted by Crippen LogP contribution is 2.02. The number of nitrogens with zero attached hydrogens (tertiary/aromatic N) is 3. The van der Waals surface area contributed by atoms with Gasteiger partial charge >= 0.3 is 0 Å². The Kier molecular flexibility index (Phi) is 11.2. The summed E-state index contributed by atoms with van der Waals surface area (Å²) in [7, 11) is 1.73. The normalized spacial score (nSPS) is 10.9. The molecule has 0 atom stereocenters. The Morgan fingerprint density at radius 1 is 1.11 bits per heavy atom. The first kappa shape index (κ1) is 23.9. The van der Waals surface area contributed by atoms with Crippen LogP contribution in [0.15, 0.2) is 41.4 Å². The molecule has 1 heterocycles. The maximum atomic E-state index is 11.9. The highest BCUT2D eigenvalue weighted by molar-refractivity contribution is 14.0. The number of amides is 1. The summed E-state index contributed by atoms with van der Waals surface area (Å²) in [6, 6.07) is 12.0. The number of carbonyl (C=O) groups is 1. The largest absolute Gasteiger partial charge is 0.356 e. The Morgan fingerprint density at radius 3 is 2.46 bits per heavy atom. The fraction of sp³-hybridized carbons (Fsp3) is 0.450. The average Bonchev–Trinajstić information content (AvgIpc) is 3.00. The number of rotatable bonds is 9. The molecular weight excluding hydrogens is 467 g/mol. The van der Waals surface area contributed by atoms with Gasteiger partial charge in [-0.2, -0.15) is 5.10 Å². The van der Waals surface area contributed by atoms with Crippen molar-refractivity contribution in [2.75, 3.05) is 20.1 Å². The summed E-state index contributed by atoms with van der Waals surface area (Å²) in [5.74, 6) is 0.727. The van der Waals surface area contributed by atoms with Crippen LogP contribution < -0.4 is 16.0 Å². The third-order valence-electron chi connectivity index (χ3n) is 4.14. The minimum absolute atomic E-state index is 0. The van der Waals surface area contributed by atoms with Gasteiger partial charge in [-0.25, -0.2) is 0 Å². The van der Waals surface area contributed by atoms with Crippen LogP contribution in [0, 0.1) is 13.8 Å².